The van der Waals surface area contributed by atoms with E-state index in [1.807, 2.05) is 39.0 Å². The summed E-state index contributed by atoms with van der Waals surface area (Å²) in [6.07, 6.45) is 2.28. The lowest BCUT2D eigenvalue weighted by molar-refractivity contribution is -0.127. The maximum atomic E-state index is 12.8. The Kier molecular flexibility index (Phi) is 7.49. The molecule has 0 aromatic heterocycles. The summed E-state index contributed by atoms with van der Waals surface area (Å²) in [5, 5.41) is 5.31. The van der Waals surface area contributed by atoms with Crippen molar-refractivity contribution in [2.45, 2.75) is 27.2 Å². The molecule has 0 bridgehead atoms. The predicted molar refractivity (Wildman–Crippen MR) is 121 cm³/mol. The Bertz CT molecular complexity index is 1050. The number of hydrogen-bond donors (Lipinski definition) is 2. The highest BCUT2D eigenvalue weighted by molar-refractivity contribution is 6.16. The number of hydrogen-bond acceptors (Lipinski definition) is 5. The molecule has 168 valence electrons. The first-order chi connectivity index (χ1) is 15.5. The van der Waals surface area contributed by atoms with Crippen LogP contribution in [0.5, 0.6) is 11.5 Å². The van der Waals surface area contributed by atoms with Crippen molar-refractivity contribution in [3.63, 3.8) is 0 Å². The second-order valence-corrected chi connectivity index (χ2v) is 7.00. The Morgan fingerprint density at radius 2 is 1.81 bits per heavy atom. The van der Waals surface area contributed by atoms with Gasteiger partial charge in [0, 0.05) is 17.3 Å². The first-order valence-electron chi connectivity index (χ1n) is 10.6. The Morgan fingerprint density at radius 1 is 1.06 bits per heavy atom. The molecule has 2 aromatic rings. The van der Waals surface area contributed by atoms with Crippen LogP contribution >= 0.6 is 0 Å². The first kappa shape index (κ1) is 22.9. The minimum atomic E-state index is -0.649. The van der Waals surface area contributed by atoms with E-state index in [1.54, 1.807) is 24.3 Å². The van der Waals surface area contributed by atoms with Gasteiger partial charge in [-0.2, -0.15) is 0 Å². The fourth-order valence-electron chi connectivity index (χ4n) is 3.33. The van der Waals surface area contributed by atoms with Gasteiger partial charge in [-0.1, -0.05) is 25.1 Å². The van der Waals surface area contributed by atoms with Crippen molar-refractivity contribution in [3.8, 4) is 11.5 Å². The highest BCUT2D eigenvalue weighted by Gasteiger charge is 2.35. The van der Waals surface area contributed by atoms with E-state index in [2.05, 4.69) is 10.6 Å². The molecule has 2 N–H and O–H groups in total. The van der Waals surface area contributed by atoms with Crippen LogP contribution in [-0.4, -0.2) is 42.5 Å². The molecule has 0 atom stereocenters. The predicted octanol–water partition coefficient (Wildman–Crippen LogP) is 3.58. The Balaban J connectivity index is 1.75. The van der Waals surface area contributed by atoms with Crippen LogP contribution in [0, 0.1) is 0 Å². The van der Waals surface area contributed by atoms with E-state index in [-0.39, 0.29) is 12.2 Å². The van der Waals surface area contributed by atoms with Crippen LogP contribution in [0.4, 0.5) is 10.5 Å². The highest BCUT2D eigenvalue weighted by atomic mass is 16.5. The van der Waals surface area contributed by atoms with Gasteiger partial charge in [0.25, 0.3) is 5.91 Å². The van der Waals surface area contributed by atoms with Gasteiger partial charge in [-0.25, -0.2) is 9.69 Å². The number of para-hydroxylation sites is 1. The van der Waals surface area contributed by atoms with Gasteiger partial charge >= 0.3 is 6.03 Å². The Morgan fingerprint density at radius 3 is 2.53 bits per heavy atom. The summed E-state index contributed by atoms with van der Waals surface area (Å²) in [5.41, 5.74) is 2.32. The number of amides is 4. The van der Waals surface area contributed by atoms with Gasteiger partial charge < -0.3 is 20.1 Å². The minimum absolute atomic E-state index is 0.0712. The highest BCUT2D eigenvalue weighted by Crippen LogP contribution is 2.28. The van der Waals surface area contributed by atoms with Crippen LogP contribution < -0.4 is 20.1 Å². The summed E-state index contributed by atoms with van der Waals surface area (Å²) in [5.74, 6) is 0.142. The third-order valence-corrected chi connectivity index (χ3v) is 4.83. The number of nitrogens with one attached hydrogen (secondary N) is 2. The van der Waals surface area contributed by atoms with Gasteiger partial charge in [0.1, 0.15) is 23.7 Å². The summed E-state index contributed by atoms with van der Waals surface area (Å²) in [6, 6.07) is 12.0. The summed E-state index contributed by atoms with van der Waals surface area (Å²) in [4.78, 5) is 38.5. The third kappa shape index (κ3) is 5.26. The molecule has 0 spiro atoms. The topological polar surface area (TPSA) is 97.0 Å². The van der Waals surface area contributed by atoms with E-state index in [0.717, 1.165) is 16.9 Å². The molecule has 0 radical (unpaired) electrons. The fraction of sp³-hybridized carbons (Fsp3) is 0.292. The normalized spacial score (nSPS) is 14.5. The number of anilines is 1. The fourth-order valence-corrected chi connectivity index (χ4v) is 3.33. The zero-order valence-corrected chi connectivity index (χ0v) is 18.4. The van der Waals surface area contributed by atoms with E-state index in [9.17, 15) is 14.4 Å². The van der Waals surface area contributed by atoms with Gasteiger partial charge in [0.05, 0.1) is 13.2 Å². The molecule has 1 aliphatic rings. The van der Waals surface area contributed by atoms with Crippen LogP contribution in [0.3, 0.4) is 0 Å². The SMILES string of the molecule is CCOc1ccc(/C=C2/NC(=O)N(CC(=O)Nc3ccccc3CC)C2=O)c(OCC)c1. The number of nitrogens with zero attached hydrogens (tertiary/aromatic N) is 1. The average Bonchev–Trinajstić information content (AvgIpc) is 3.03. The molecule has 1 saturated heterocycles. The summed E-state index contributed by atoms with van der Waals surface area (Å²) < 4.78 is 11.1. The van der Waals surface area contributed by atoms with Crippen molar-refractivity contribution in [1.82, 2.24) is 10.2 Å². The molecule has 4 amide bonds. The number of rotatable bonds is 9. The lowest BCUT2D eigenvalue weighted by Crippen LogP contribution is -2.38. The summed E-state index contributed by atoms with van der Waals surface area (Å²) in [6.45, 7) is 6.27. The van der Waals surface area contributed by atoms with Crippen molar-refractivity contribution in [2.24, 2.45) is 0 Å². The van der Waals surface area contributed by atoms with Crippen LogP contribution in [0.25, 0.3) is 6.08 Å². The number of urea groups is 1. The molecule has 3 rings (SSSR count). The maximum absolute atomic E-state index is 12.8. The van der Waals surface area contributed by atoms with Gasteiger partial charge in [-0.15, -0.1) is 0 Å². The zero-order valence-electron chi connectivity index (χ0n) is 18.4. The Hall–Kier alpha value is -3.81. The van der Waals surface area contributed by atoms with Gasteiger partial charge in [-0.05, 0) is 50.1 Å². The average molecular weight is 437 g/mol. The molecule has 2 aromatic carbocycles. The second kappa shape index (κ2) is 10.5. The van der Waals surface area contributed by atoms with E-state index in [4.69, 9.17) is 9.47 Å². The number of carbonyl (C=O) groups is 3. The van der Waals surface area contributed by atoms with Crippen LogP contribution in [-0.2, 0) is 16.0 Å². The zero-order chi connectivity index (χ0) is 23.1. The van der Waals surface area contributed by atoms with E-state index in [1.165, 1.54) is 6.08 Å². The summed E-state index contributed by atoms with van der Waals surface area (Å²) >= 11 is 0. The molecule has 8 heteroatoms. The smallest absolute Gasteiger partial charge is 0.329 e. The second-order valence-electron chi connectivity index (χ2n) is 7.00. The minimum Gasteiger partial charge on any atom is -0.494 e. The quantitative estimate of drug-likeness (QED) is 0.462. The molecule has 1 aliphatic heterocycles. The van der Waals surface area contributed by atoms with E-state index < -0.39 is 17.8 Å². The first-order valence-corrected chi connectivity index (χ1v) is 10.6. The van der Waals surface area contributed by atoms with Gasteiger partial charge in [0.2, 0.25) is 5.91 Å². The molecule has 0 aliphatic carbocycles. The van der Waals surface area contributed by atoms with Crippen LogP contribution in [0.2, 0.25) is 0 Å². The number of ether oxygens (including phenoxy) is 2. The molecule has 0 saturated carbocycles. The largest absolute Gasteiger partial charge is 0.494 e. The van der Waals surface area contributed by atoms with Crippen molar-refractivity contribution in [3.05, 3.63) is 59.3 Å². The summed E-state index contributed by atoms with van der Waals surface area (Å²) in [7, 11) is 0. The number of imide groups is 1. The third-order valence-electron chi connectivity index (χ3n) is 4.83. The lowest BCUT2D eigenvalue weighted by atomic mass is 10.1. The van der Waals surface area contributed by atoms with Crippen LogP contribution in [0.1, 0.15) is 31.9 Å². The molecule has 0 unspecified atom stereocenters. The molecule has 1 fully saturated rings. The monoisotopic (exact) mass is 437 g/mol. The van der Waals surface area contributed by atoms with Crippen molar-refractivity contribution < 1.29 is 23.9 Å². The number of carbonyl (C=O) groups excluding carboxylic acids is 3. The Labute approximate surface area is 187 Å². The molecule has 1 heterocycles. The molecule has 8 nitrogen and oxygen atoms in total. The van der Waals surface area contributed by atoms with Crippen molar-refractivity contribution in [2.75, 3.05) is 25.1 Å². The lowest BCUT2D eigenvalue weighted by Gasteiger charge is -2.13. The van der Waals surface area contributed by atoms with Gasteiger partial charge in [-0.3, -0.25) is 9.59 Å². The van der Waals surface area contributed by atoms with Gasteiger partial charge in [0.15, 0.2) is 0 Å². The molecular formula is C24H27N3O5. The number of aryl methyl sites for hydroxylation is 1. The molecule has 32 heavy (non-hydrogen) atoms. The van der Waals surface area contributed by atoms with Crippen molar-refractivity contribution in [1.29, 1.82) is 0 Å². The maximum Gasteiger partial charge on any atom is 0.329 e. The van der Waals surface area contributed by atoms with E-state index >= 15 is 0 Å². The van der Waals surface area contributed by atoms with Crippen LogP contribution in [0.15, 0.2) is 48.2 Å². The van der Waals surface area contributed by atoms with E-state index in [0.29, 0.717) is 36.0 Å². The number of benzene rings is 2. The standard InChI is InChI=1S/C24H27N3O5/c1-4-16-9-7-8-10-19(16)25-22(28)15-27-23(29)20(26-24(27)30)13-17-11-12-18(31-5-2)14-21(17)32-6-3/h7-14H,4-6,15H2,1-3H3,(H,25,28)(H,26,30)/b20-13+. The van der Waals surface area contributed by atoms with Crippen molar-refractivity contribution >= 4 is 29.6 Å². The molecular weight excluding hydrogens is 410 g/mol.